The van der Waals surface area contributed by atoms with Crippen LogP contribution in [0.4, 0.5) is 11.5 Å². The number of carbonyl (C=O) groups is 1. The largest absolute Gasteiger partial charge is 0.414 e. The molecule has 0 fully saturated rings. The number of nitrogens with two attached hydrogens (primary N) is 1. The van der Waals surface area contributed by atoms with Crippen LogP contribution in [0.2, 0.25) is 0 Å². The average Bonchev–Trinajstić information content (AvgIpc) is 3.29. The highest BCUT2D eigenvalue weighted by molar-refractivity contribution is 5.94. The van der Waals surface area contributed by atoms with E-state index in [1.807, 2.05) is 0 Å². The van der Waals surface area contributed by atoms with Crippen LogP contribution in [0.15, 0.2) is 59.1 Å². The predicted octanol–water partition coefficient (Wildman–Crippen LogP) is 3.05. The van der Waals surface area contributed by atoms with Crippen molar-refractivity contribution in [1.29, 1.82) is 0 Å². The third-order valence-corrected chi connectivity index (χ3v) is 4.59. The maximum Gasteiger partial charge on any atom is 0.282 e. The van der Waals surface area contributed by atoms with Crippen molar-refractivity contribution in [2.75, 3.05) is 19.8 Å². The Morgan fingerprint density at radius 1 is 1.06 bits per heavy atom. The van der Waals surface area contributed by atoms with E-state index in [-0.39, 0.29) is 40.5 Å². The highest BCUT2D eigenvalue weighted by Gasteiger charge is 2.22. The van der Waals surface area contributed by atoms with E-state index in [0.717, 1.165) is 0 Å². The number of hydrogen-bond acceptors (Lipinski definition) is 9. The molecule has 0 atom stereocenters. The molecule has 0 spiro atoms. The smallest absolute Gasteiger partial charge is 0.282 e. The first-order chi connectivity index (χ1) is 15.3. The number of aromatic nitrogens is 4. The minimum atomic E-state index is -0.529. The molecule has 0 aliphatic rings. The molecule has 1 amide bonds. The summed E-state index contributed by atoms with van der Waals surface area (Å²) in [6.07, 6.45) is 1.49. The predicted molar refractivity (Wildman–Crippen MR) is 115 cm³/mol. The molecule has 0 radical (unpaired) electrons. The van der Waals surface area contributed by atoms with Gasteiger partial charge in [0.1, 0.15) is 5.56 Å². The molecule has 2 aromatic carbocycles. The Morgan fingerprint density at radius 2 is 1.75 bits per heavy atom. The van der Waals surface area contributed by atoms with Crippen LogP contribution in [0.25, 0.3) is 34.3 Å². The molecule has 2 N–H and O–H groups in total. The minimum absolute atomic E-state index is 0.0237. The monoisotopic (exact) mass is 431 g/mol. The van der Waals surface area contributed by atoms with Gasteiger partial charge in [-0.25, -0.2) is 9.97 Å². The van der Waals surface area contributed by atoms with E-state index < -0.39 is 4.92 Å². The van der Waals surface area contributed by atoms with Gasteiger partial charge in [0.15, 0.2) is 11.5 Å². The first-order valence-electron chi connectivity index (χ1n) is 9.37. The van der Waals surface area contributed by atoms with E-state index in [1.165, 1.54) is 23.2 Å². The zero-order valence-corrected chi connectivity index (χ0v) is 17.1. The number of para-hydroxylation sites is 1. The third kappa shape index (κ3) is 3.86. The Labute approximate surface area is 181 Å². The SMILES string of the molecule is CN(C)C(=O)c1ccc(-c2cnc(N)c(-c3nnc(-c4ccccc4[N+](=O)[O-])o3)n2)cc1. The molecule has 0 saturated heterocycles. The summed E-state index contributed by atoms with van der Waals surface area (Å²) in [5, 5.41) is 19.1. The molecule has 0 aliphatic carbocycles. The number of hydrogen-bond donors (Lipinski definition) is 1. The highest BCUT2D eigenvalue weighted by atomic mass is 16.6. The number of nitro benzene ring substituents is 1. The fourth-order valence-electron chi connectivity index (χ4n) is 2.98. The van der Waals surface area contributed by atoms with Gasteiger partial charge < -0.3 is 15.1 Å². The van der Waals surface area contributed by atoms with E-state index in [4.69, 9.17) is 10.2 Å². The normalized spacial score (nSPS) is 10.7. The fraction of sp³-hybridized carbons (Fsp3) is 0.0952. The quantitative estimate of drug-likeness (QED) is 0.371. The lowest BCUT2D eigenvalue weighted by atomic mass is 10.1. The molecule has 2 heterocycles. The Kier molecular flexibility index (Phi) is 5.29. The molecule has 11 nitrogen and oxygen atoms in total. The third-order valence-electron chi connectivity index (χ3n) is 4.59. The van der Waals surface area contributed by atoms with E-state index in [0.29, 0.717) is 16.8 Å². The van der Waals surface area contributed by atoms with Gasteiger partial charge in [-0.15, -0.1) is 10.2 Å². The number of nitro groups is 1. The molecule has 11 heteroatoms. The second kappa shape index (κ2) is 8.22. The second-order valence-electron chi connectivity index (χ2n) is 6.95. The first-order valence-corrected chi connectivity index (χ1v) is 9.37. The first kappa shape index (κ1) is 20.6. The van der Waals surface area contributed by atoms with Crippen LogP contribution < -0.4 is 5.73 Å². The highest BCUT2D eigenvalue weighted by Crippen LogP contribution is 2.32. The average molecular weight is 431 g/mol. The van der Waals surface area contributed by atoms with Crippen LogP contribution in [-0.4, -0.2) is 50.0 Å². The van der Waals surface area contributed by atoms with Crippen molar-refractivity contribution in [3.05, 3.63) is 70.4 Å². The van der Waals surface area contributed by atoms with E-state index in [2.05, 4.69) is 20.2 Å². The lowest BCUT2D eigenvalue weighted by molar-refractivity contribution is -0.384. The number of benzene rings is 2. The molecule has 4 aromatic rings. The molecule has 32 heavy (non-hydrogen) atoms. The summed E-state index contributed by atoms with van der Waals surface area (Å²) in [4.78, 5) is 32.9. The molecule has 2 aromatic heterocycles. The summed E-state index contributed by atoms with van der Waals surface area (Å²) in [7, 11) is 3.35. The molecule has 0 unspecified atom stereocenters. The second-order valence-corrected chi connectivity index (χ2v) is 6.95. The lowest BCUT2D eigenvalue weighted by Crippen LogP contribution is -2.21. The fourth-order valence-corrected chi connectivity index (χ4v) is 2.98. The van der Waals surface area contributed by atoms with E-state index in [9.17, 15) is 14.9 Å². The van der Waals surface area contributed by atoms with Crippen molar-refractivity contribution in [3.8, 4) is 34.3 Å². The van der Waals surface area contributed by atoms with Gasteiger partial charge >= 0.3 is 0 Å². The number of rotatable bonds is 5. The maximum absolute atomic E-state index is 12.1. The summed E-state index contributed by atoms with van der Waals surface area (Å²) in [5.41, 5.74) is 7.84. The van der Waals surface area contributed by atoms with E-state index in [1.54, 1.807) is 50.5 Å². The molecule has 0 saturated carbocycles. The molecular formula is C21H17N7O4. The van der Waals surface area contributed by atoms with Crippen molar-refractivity contribution in [2.45, 2.75) is 0 Å². The van der Waals surface area contributed by atoms with Crippen molar-refractivity contribution >= 4 is 17.4 Å². The Hall–Kier alpha value is -4.67. The zero-order chi connectivity index (χ0) is 22.8. The number of nitrogens with zero attached hydrogens (tertiary/aromatic N) is 6. The summed E-state index contributed by atoms with van der Waals surface area (Å²) < 4.78 is 5.64. The number of carbonyl (C=O) groups excluding carboxylic acids is 1. The van der Waals surface area contributed by atoms with Crippen LogP contribution >= 0.6 is 0 Å². The topological polar surface area (TPSA) is 154 Å². The van der Waals surface area contributed by atoms with Crippen LogP contribution in [-0.2, 0) is 0 Å². The molecule has 0 bridgehead atoms. The summed E-state index contributed by atoms with van der Waals surface area (Å²) in [6, 6.07) is 12.9. The van der Waals surface area contributed by atoms with Crippen molar-refractivity contribution < 1.29 is 14.1 Å². The van der Waals surface area contributed by atoms with Crippen molar-refractivity contribution in [1.82, 2.24) is 25.1 Å². The Balaban J connectivity index is 1.69. The van der Waals surface area contributed by atoms with Crippen LogP contribution in [0, 0.1) is 10.1 Å². The van der Waals surface area contributed by atoms with Crippen LogP contribution in [0.3, 0.4) is 0 Å². The zero-order valence-electron chi connectivity index (χ0n) is 17.1. The summed E-state index contributed by atoms with van der Waals surface area (Å²) >= 11 is 0. The van der Waals surface area contributed by atoms with Crippen LogP contribution in [0.5, 0.6) is 0 Å². The standard InChI is InChI=1S/C21H17N7O4/c1-27(2)21(29)13-9-7-12(8-10-13)15-11-23-18(22)17(24-15)20-26-25-19(32-20)14-5-3-4-6-16(14)28(30)31/h3-11H,1-2H3,(H2,22,23). The van der Waals surface area contributed by atoms with Gasteiger partial charge in [-0.3, -0.25) is 14.9 Å². The number of anilines is 1. The van der Waals surface area contributed by atoms with Gasteiger partial charge in [-0.05, 0) is 18.2 Å². The molecule has 0 aliphatic heterocycles. The Morgan fingerprint density at radius 3 is 2.44 bits per heavy atom. The summed E-state index contributed by atoms with van der Waals surface area (Å²) in [5.74, 6) is -0.116. The minimum Gasteiger partial charge on any atom is -0.414 e. The van der Waals surface area contributed by atoms with Crippen molar-refractivity contribution in [2.24, 2.45) is 0 Å². The van der Waals surface area contributed by atoms with Gasteiger partial charge in [0.05, 0.1) is 16.8 Å². The molecule has 160 valence electrons. The van der Waals surface area contributed by atoms with E-state index >= 15 is 0 Å². The number of amides is 1. The van der Waals surface area contributed by atoms with Gasteiger partial charge in [0.25, 0.3) is 23.4 Å². The van der Waals surface area contributed by atoms with Gasteiger partial charge in [-0.1, -0.05) is 24.3 Å². The lowest BCUT2D eigenvalue weighted by Gasteiger charge is -2.10. The van der Waals surface area contributed by atoms with Gasteiger partial charge in [0, 0.05) is 31.3 Å². The summed E-state index contributed by atoms with van der Waals surface area (Å²) in [6.45, 7) is 0. The van der Waals surface area contributed by atoms with Gasteiger partial charge in [0.2, 0.25) is 0 Å². The van der Waals surface area contributed by atoms with Gasteiger partial charge in [-0.2, -0.15) is 0 Å². The Bertz CT molecular complexity index is 1320. The molecular weight excluding hydrogens is 414 g/mol. The molecule has 4 rings (SSSR count). The van der Waals surface area contributed by atoms with Crippen LogP contribution in [0.1, 0.15) is 10.4 Å². The number of nitrogen functional groups attached to an aromatic ring is 1. The van der Waals surface area contributed by atoms with Crippen molar-refractivity contribution in [3.63, 3.8) is 0 Å². The maximum atomic E-state index is 12.1.